The van der Waals surface area contributed by atoms with E-state index in [2.05, 4.69) is 45.3 Å². The number of hydrogen-bond donors (Lipinski definition) is 3. The predicted molar refractivity (Wildman–Crippen MR) is 124 cm³/mol. The second kappa shape index (κ2) is 15.2. The number of rotatable bonds is 15. The Balaban J connectivity index is 2.66. The summed E-state index contributed by atoms with van der Waals surface area (Å²) < 4.78 is 0. The lowest BCUT2D eigenvalue weighted by Gasteiger charge is -2.32. The van der Waals surface area contributed by atoms with Crippen LogP contribution in [0.15, 0.2) is 0 Å². The fourth-order valence-electron chi connectivity index (χ4n) is 4.58. The first-order valence-corrected chi connectivity index (χ1v) is 12.5. The van der Waals surface area contributed by atoms with Gasteiger partial charge in [0.2, 0.25) is 5.91 Å². The summed E-state index contributed by atoms with van der Waals surface area (Å²) in [5, 5.41) is 17.9. The van der Waals surface area contributed by atoms with Crippen molar-refractivity contribution in [2.24, 2.45) is 23.7 Å². The molecule has 0 bridgehead atoms. The molecule has 1 fully saturated rings. The van der Waals surface area contributed by atoms with Crippen LogP contribution in [-0.2, 0) is 4.79 Å². The van der Waals surface area contributed by atoms with Gasteiger partial charge in [0.15, 0.2) is 0 Å². The normalized spacial score (nSPS) is 18.8. The minimum absolute atomic E-state index is 0.106. The summed E-state index contributed by atoms with van der Waals surface area (Å²) in [5.41, 5.74) is 0. The third kappa shape index (κ3) is 11.4. The summed E-state index contributed by atoms with van der Waals surface area (Å²) in [7, 11) is 0. The van der Waals surface area contributed by atoms with Gasteiger partial charge in [-0.05, 0) is 56.4 Å². The van der Waals surface area contributed by atoms with Crippen molar-refractivity contribution in [3.05, 3.63) is 0 Å². The standard InChI is InChI=1S/C25H50N2O2/c1-6-7-15-27-25(29)22(20(4)5)18-24(28)23(26-16-11-12-19(2)3)17-21-13-9-8-10-14-21/h19-24,26,28H,6-18H2,1-5H3,(H,27,29)/t22-,23+,24+/m1/s1. The monoisotopic (exact) mass is 410 g/mol. The number of unbranched alkanes of at least 4 members (excludes halogenated alkanes) is 1. The summed E-state index contributed by atoms with van der Waals surface area (Å²) in [4.78, 5) is 12.7. The van der Waals surface area contributed by atoms with Crippen molar-refractivity contribution in [3.8, 4) is 0 Å². The second-order valence-corrected chi connectivity index (χ2v) is 10.1. The zero-order valence-electron chi connectivity index (χ0n) is 20.0. The highest BCUT2D eigenvalue weighted by Crippen LogP contribution is 2.29. The molecule has 4 nitrogen and oxygen atoms in total. The van der Waals surface area contributed by atoms with Crippen LogP contribution in [0.4, 0.5) is 0 Å². The molecular weight excluding hydrogens is 360 g/mol. The van der Waals surface area contributed by atoms with Crippen molar-refractivity contribution in [2.45, 2.75) is 117 Å². The van der Waals surface area contributed by atoms with E-state index in [1.165, 1.54) is 38.5 Å². The highest BCUT2D eigenvalue weighted by atomic mass is 16.3. The summed E-state index contributed by atoms with van der Waals surface area (Å²) >= 11 is 0. The molecule has 0 radical (unpaired) electrons. The first-order valence-electron chi connectivity index (χ1n) is 12.5. The van der Waals surface area contributed by atoms with Crippen LogP contribution in [0, 0.1) is 23.7 Å². The number of aliphatic hydroxyl groups is 1. The molecular formula is C25H50N2O2. The van der Waals surface area contributed by atoms with E-state index < -0.39 is 6.10 Å². The van der Waals surface area contributed by atoms with Crippen molar-refractivity contribution in [2.75, 3.05) is 13.1 Å². The van der Waals surface area contributed by atoms with E-state index in [4.69, 9.17) is 0 Å². The van der Waals surface area contributed by atoms with Crippen molar-refractivity contribution in [1.29, 1.82) is 0 Å². The first-order chi connectivity index (χ1) is 13.8. The van der Waals surface area contributed by atoms with Gasteiger partial charge in [0, 0.05) is 18.5 Å². The van der Waals surface area contributed by atoms with E-state index in [0.717, 1.165) is 50.6 Å². The van der Waals surface area contributed by atoms with Crippen LogP contribution in [0.2, 0.25) is 0 Å². The van der Waals surface area contributed by atoms with Crippen LogP contribution >= 0.6 is 0 Å². The van der Waals surface area contributed by atoms with Gasteiger partial charge in [0.25, 0.3) is 0 Å². The van der Waals surface area contributed by atoms with E-state index in [9.17, 15) is 9.90 Å². The number of aliphatic hydroxyl groups excluding tert-OH is 1. The molecule has 29 heavy (non-hydrogen) atoms. The van der Waals surface area contributed by atoms with Crippen LogP contribution in [0.5, 0.6) is 0 Å². The Hall–Kier alpha value is -0.610. The van der Waals surface area contributed by atoms with Gasteiger partial charge in [-0.1, -0.05) is 73.1 Å². The van der Waals surface area contributed by atoms with Crippen molar-refractivity contribution in [3.63, 3.8) is 0 Å². The summed E-state index contributed by atoms with van der Waals surface area (Å²) in [6.45, 7) is 12.6. The van der Waals surface area contributed by atoms with Crippen LogP contribution in [0.1, 0.15) is 105 Å². The van der Waals surface area contributed by atoms with Gasteiger partial charge >= 0.3 is 0 Å². The Kier molecular flexibility index (Phi) is 13.9. The molecule has 0 aromatic rings. The van der Waals surface area contributed by atoms with Gasteiger partial charge < -0.3 is 15.7 Å². The molecule has 0 saturated heterocycles. The molecule has 0 aromatic carbocycles. The fourth-order valence-corrected chi connectivity index (χ4v) is 4.58. The number of nitrogens with one attached hydrogen (secondary N) is 2. The third-order valence-electron chi connectivity index (χ3n) is 6.61. The van der Waals surface area contributed by atoms with Gasteiger partial charge in [0.05, 0.1) is 6.10 Å². The first kappa shape index (κ1) is 26.4. The topological polar surface area (TPSA) is 61.4 Å². The lowest BCUT2D eigenvalue weighted by molar-refractivity contribution is -0.127. The highest BCUT2D eigenvalue weighted by Gasteiger charge is 2.30. The molecule has 0 unspecified atom stereocenters. The quantitative estimate of drug-likeness (QED) is 0.321. The Bertz CT molecular complexity index is 419. The lowest BCUT2D eigenvalue weighted by atomic mass is 9.81. The maximum Gasteiger partial charge on any atom is 0.223 e. The van der Waals surface area contributed by atoms with Gasteiger partial charge in [-0.15, -0.1) is 0 Å². The summed E-state index contributed by atoms with van der Waals surface area (Å²) in [5.74, 6) is 1.67. The van der Waals surface area contributed by atoms with Crippen LogP contribution in [0.3, 0.4) is 0 Å². The molecule has 172 valence electrons. The lowest BCUT2D eigenvalue weighted by Crippen LogP contribution is -2.45. The average molecular weight is 411 g/mol. The van der Waals surface area contributed by atoms with E-state index in [0.29, 0.717) is 6.42 Å². The molecule has 1 saturated carbocycles. The second-order valence-electron chi connectivity index (χ2n) is 10.1. The Morgan fingerprint density at radius 1 is 1.03 bits per heavy atom. The van der Waals surface area contributed by atoms with Crippen molar-refractivity contribution < 1.29 is 9.90 Å². The molecule has 3 atom stereocenters. The van der Waals surface area contributed by atoms with E-state index in [1.54, 1.807) is 0 Å². The van der Waals surface area contributed by atoms with E-state index in [-0.39, 0.29) is 23.8 Å². The zero-order valence-corrected chi connectivity index (χ0v) is 20.0. The van der Waals surface area contributed by atoms with E-state index >= 15 is 0 Å². The molecule has 0 aromatic heterocycles. The van der Waals surface area contributed by atoms with Gasteiger partial charge in [-0.2, -0.15) is 0 Å². The van der Waals surface area contributed by atoms with Gasteiger partial charge in [-0.25, -0.2) is 0 Å². The van der Waals surface area contributed by atoms with Crippen molar-refractivity contribution >= 4 is 5.91 Å². The number of carbonyl (C=O) groups is 1. The molecule has 1 rings (SSSR count). The molecule has 0 heterocycles. The summed E-state index contributed by atoms with van der Waals surface area (Å²) in [6, 6.07) is 0.106. The predicted octanol–water partition coefficient (Wildman–Crippen LogP) is 5.29. The van der Waals surface area contributed by atoms with Crippen LogP contribution in [0.25, 0.3) is 0 Å². The molecule has 4 heteroatoms. The Morgan fingerprint density at radius 2 is 1.72 bits per heavy atom. The third-order valence-corrected chi connectivity index (χ3v) is 6.61. The molecule has 0 spiro atoms. The number of hydrogen-bond acceptors (Lipinski definition) is 3. The maximum atomic E-state index is 12.7. The molecule has 1 aliphatic carbocycles. The van der Waals surface area contributed by atoms with Crippen LogP contribution < -0.4 is 10.6 Å². The molecule has 1 amide bonds. The summed E-state index contributed by atoms with van der Waals surface area (Å²) in [6.07, 6.45) is 12.2. The Labute approximate surface area is 181 Å². The SMILES string of the molecule is CCCCNC(=O)[C@H](C[C@H](O)[C@H](CC1CCCCC1)NCCCC(C)C)C(C)C. The number of carbonyl (C=O) groups excluding carboxylic acids is 1. The smallest absolute Gasteiger partial charge is 0.223 e. The van der Waals surface area contributed by atoms with Gasteiger partial charge in [0.1, 0.15) is 0 Å². The molecule has 1 aliphatic rings. The minimum Gasteiger partial charge on any atom is -0.391 e. The average Bonchev–Trinajstić information content (AvgIpc) is 2.68. The minimum atomic E-state index is -0.458. The maximum absolute atomic E-state index is 12.7. The van der Waals surface area contributed by atoms with E-state index in [1.807, 2.05) is 0 Å². The van der Waals surface area contributed by atoms with Gasteiger partial charge in [-0.3, -0.25) is 4.79 Å². The Morgan fingerprint density at radius 3 is 2.31 bits per heavy atom. The molecule has 3 N–H and O–H groups in total. The fraction of sp³-hybridized carbons (Fsp3) is 0.960. The van der Waals surface area contributed by atoms with Crippen LogP contribution in [-0.4, -0.2) is 36.2 Å². The largest absolute Gasteiger partial charge is 0.391 e. The zero-order chi connectivity index (χ0) is 21.6. The highest BCUT2D eigenvalue weighted by molar-refractivity contribution is 5.78. The number of amides is 1. The van der Waals surface area contributed by atoms with Crippen molar-refractivity contribution in [1.82, 2.24) is 10.6 Å². The molecule has 0 aliphatic heterocycles.